The summed E-state index contributed by atoms with van der Waals surface area (Å²) < 4.78 is 5.39. The zero-order chi connectivity index (χ0) is 11.4. The van der Waals surface area contributed by atoms with Gasteiger partial charge in [0.15, 0.2) is 0 Å². The van der Waals surface area contributed by atoms with E-state index in [0.29, 0.717) is 13.0 Å². The lowest BCUT2D eigenvalue weighted by Crippen LogP contribution is -1.98. The van der Waals surface area contributed by atoms with Crippen molar-refractivity contribution in [3.63, 3.8) is 0 Å². The smallest absolute Gasteiger partial charge is 0.129 e. The third kappa shape index (κ3) is 13.4. The zero-order valence-corrected chi connectivity index (χ0v) is 10.1. The number of hydrogen-bond acceptors (Lipinski definition) is 2. The minimum atomic E-state index is 0.248. The van der Waals surface area contributed by atoms with Gasteiger partial charge in [-0.25, -0.2) is 0 Å². The number of unbranched alkanes of at least 4 members (excludes halogenated alkanes) is 2. The second-order valence-electron chi connectivity index (χ2n) is 3.82. The first-order valence-corrected chi connectivity index (χ1v) is 5.99. The summed E-state index contributed by atoms with van der Waals surface area (Å²) in [5.74, 6) is 0.248. The van der Waals surface area contributed by atoms with Gasteiger partial charge in [-0.15, -0.1) is 0 Å². The normalized spacial score (nSPS) is 11.1. The van der Waals surface area contributed by atoms with Gasteiger partial charge in [0, 0.05) is 13.0 Å². The second-order valence-corrected chi connectivity index (χ2v) is 3.82. The molecule has 0 heterocycles. The summed E-state index contributed by atoms with van der Waals surface area (Å²) in [5.41, 5.74) is 0. The quantitative estimate of drug-likeness (QED) is 0.409. The first kappa shape index (κ1) is 14.4. The molecule has 88 valence electrons. The van der Waals surface area contributed by atoms with Crippen LogP contribution >= 0.6 is 0 Å². The molecule has 0 unspecified atom stereocenters. The van der Waals surface area contributed by atoms with Crippen molar-refractivity contribution in [2.24, 2.45) is 0 Å². The highest BCUT2D eigenvalue weighted by atomic mass is 16.5. The Morgan fingerprint density at radius 1 is 1.13 bits per heavy atom. The van der Waals surface area contributed by atoms with Crippen molar-refractivity contribution < 1.29 is 9.53 Å². The third-order valence-electron chi connectivity index (χ3n) is 2.14. The topological polar surface area (TPSA) is 26.3 Å². The molecule has 0 aromatic carbocycles. The lowest BCUT2D eigenvalue weighted by atomic mass is 10.2. The van der Waals surface area contributed by atoms with Crippen molar-refractivity contribution in [1.82, 2.24) is 0 Å². The maximum absolute atomic E-state index is 10.6. The monoisotopic (exact) mass is 212 g/mol. The van der Waals surface area contributed by atoms with Crippen LogP contribution in [-0.4, -0.2) is 19.0 Å². The Morgan fingerprint density at radius 3 is 2.53 bits per heavy atom. The molecule has 0 radical (unpaired) electrons. The molecule has 0 spiro atoms. The average Bonchev–Trinajstić information content (AvgIpc) is 2.20. The first-order valence-electron chi connectivity index (χ1n) is 5.99. The molecule has 0 saturated heterocycles. The van der Waals surface area contributed by atoms with Gasteiger partial charge in [0.1, 0.15) is 5.78 Å². The molecule has 0 atom stereocenters. The van der Waals surface area contributed by atoms with Crippen molar-refractivity contribution in [2.45, 2.75) is 52.4 Å². The van der Waals surface area contributed by atoms with Gasteiger partial charge in [0.25, 0.3) is 0 Å². The van der Waals surface area contributed by atoms with E-state index in [0.717, 1.165) is 19.4 Å². The second kappa shape index (κ2) is 11.4. The van der Waals surface area contributed by atoms with E-state index in [1.807, 2.05) is 0 Å². The predicted octanol–water partition coefficient (Wildman–Crippen LogP) is 3.51. The van der Waals surface area contributed by atoms with Crippen LogP contribution in [0.2, 0.25) is 0 Å². The summed E-state index contributed by atoms with van der Waals surface area (Å²) in [6, 6.07) is 0. The number of hydrogen-bond donors (Lipinski definition) is 0. The highest BCUT2D eigenvalue weighted by Crippen LogP contribution is 1.97. The van der Waals surface area contributed by atoms with Crippen LogP contribution in [0.1, 0.15) is 52.4 Å². The number of carbonyl (C=O) groups is 1. The highest BCUT2D eigenvalue weighted by molar-refractivity contribution is 5.75. The summed E-state index contributed by atoms with van der Waals surface area (Å²) in [5, 5.41) is 0. The van der Waals surface area contributed by atoms with Crippen LogP contribution < -0.4 is 0 Å². The van der Waals surface area contributed by atoms with Gasteiger partial charge in [-0.3, -0.25) is 0 Å². The van der Waals surface area contributed by atoms with E-state index in [-0.39, 0.29) is 5.78 Å². The molecule has 2 heteroatoms. The van der Waals surface area contributed by atoms with Crippen LogP contribution in [0.15, 0.2) is 12.2 Å². The molecular weight excluding hydrogens is 188 g/mol. The third-order valence-corrected chi connectivity index (χ3v) is 2.14. The molecule has 0 aliphatic rings. The standard InChI is InChI=1S/C13H24O2/c1-3-4-5-6-7-8-11-15-12-9-10-13(2)14/h6-7H,3-5,8-12H2,1-2H3. The van der Waals surface area contributed by atoms with Gasteiger partial charge >= 0.3 is 0 Å². The molecule has 0 saturated carbocycles. The van der Waals surface area contributed by atoms with Crippen LogP contribution in [0.25, 0.3) is 0 Å². The maximum Gasteiger partial charge on any atom is 0.129 e. The number of ether oxygens (including phenoxy) is 1. The fourth-order valence-corrected chi connectivity index (χ4v) is 1.23. The Bertz CT molecular complexity index is 173. The van der Waals surface area contributed by atoms with Crippen LogP contribution in [0.3, 0.4) is 0 Å². The van der Waals surface area contributed by atoms with Crippen molar-refractivity contribution in [3.8, 4) is 0 Å². The van der Waals surface area contributed by atoms with E-state index >= 15 is 0 Å². The molecule has 0 N–H and O–H groups in total. The van der Waals surface area contributed by atoms with E-state index in [4.69, 9.17) is 4.74 Å². The Hall–Kier alpha value is -0.630. The Morgan fingerprint density at radius 2 is 1.87 bits per heavy atom. The van der Waals surface area contributed by atoms with Crippen molar-refractivity contribution in [1.29, 1.82) is 0 Å². The molecule has 0 fully saturated rings. The summed E-state index contributed by atoms with van der Waals surface area (Å²) in [6.45, 7) is 5.31. The summed E-state index contributed by atoms with van der Waals surface area (Å²) in [7, 11) is 0. The summed E-state index contributed by atoms with van der Waals surface area (Å²) in [6.07, 6.45) is 10.6. The van der Waals surface area contributed by atoms with Crippen LogP contribution in [0.4, 0.5) is 0 Å². The van der Waals surface area contributed by atoms with Gasteiger partial charge in [-0.1, -0.05) is 31.9 Å². The molecule has 0 aromatic heterocycles. The lowest BCUT2D eigenvalue weighted by molar-refractivity contribution is -0.117. The zero-order valence-electron chi connectivity index (χ0n) is 10.1. The maximum atomic E-state index is 10.6. The van der Waals surface area contributed by atoms with Gasteiger partial charge < -0.3 is 9.53 Å². The molecule has 0 aromatic rings. The molecule has 0 bridgehead atoms. The number of Topliss-reactive ketones (excluding diaryl/α,β-unsaturated/α-hetero) is 1. The van der Waals surface area contributed by atoms with E-state index in [9.17, 15) is 4.79 Å². The SMILES string of the molecule is CCCCC=CCCOCCCC(C)=O. The van der Waals surface area contributed by atoms with Crippen molar-refractivity contribution in [2.75, 3.05) is 13.2 Å². The van der Waals surface area contributed by atoms with E-state index in [2.05, 4.69) is 19.1 Å². The molecule has 15 heavy (non-hydrogen) atoms. The average molecular weight is 212 g/mol. The van der Waals surface area contributed by atoms with Crippen molar-refractivity contribution in [3.05, 3.63) is 12.2 Å². The molecule has 0 amide bonds. The van der Waals surface area contributed by atoms with Gasteiger partial charge in [0.2, 0.25) is 0 Å². The molecule has 0 aliphatic heterocycles. The van der Waals surface area contributed by atoms with Gasteiger partial charge in [-0.05, 0) is 26.2 Å². The number of ketones is 1. The molecule has 0 aliphatic carbocycles. The largest absolute Gasteiger partial charge is 0.381 e. The predicted molar refractivity (Wildman–Crippen MR) is 64.0 cm³/mol. The minimum Gasteiger partial charge on any atom is -0.381 e. The highest BCUT2D eigenvalue weighted by Gasteiger charge is 1.92. The minimum absolute atomic E-state index is 0.248. The lowest BCUT2D eigenvalue weighted by Gasteiger charge is -2.00. The number of carbonyl (C=O) groups excluding carboxylic acids is 1. The fourth-order valence-electron chi connectivity index (χ4n) is 1.23. The van der Waals surface area contributed by atoms with Crippen LogP contribution in [0.5, 0.6) is 0 Å². The molecular formula is C13H24O2. The van der Waals surface area contributed by atoms with Crippen molar-refractivity contribution >= 4 is 5.78 Å². The number of rotatable bonds is 10. The number of allylic oxidation sites excluding steroid dienone is 1. The van der Waals surface area contributed by atoms with E-state index in [1.165, 1.54) is 19.3 Å². The van der Waals surface area contributed by atoms with Gasteiger partial charge in [-0.2, -0.15) is 0 Å². The summed E-state index contributed by atoms with van der Waals surface area (Å²) >= 11 is 0. The van der Waals surface area contributed by atoms with E-state index < -0.39 is 0 Å². The van der Waals surface area contributed by atoms with Crippen LogP contribution in [0, 0.1) is 0 Å². The Labute approximate surface area is 93.7 Å². The first-order chi connectivity index (χ1) is 7.27. The Balaban J connectivity index is 3.04. The summed E-state index contributed by atoms with van der Waals surface area (Å²) in [4.78, 5) is 10.6. The van der Waals surface area contributed by atoms with Gasteiger partial charge in [0.05, 0.1) is 6.61 Å². The molecule has 0 rings (SSSR count). The molecule has 2 nitrogen and oxygen atoms in total. The van der Waals surface area contributed by atoms with Crippen LogP contribution in [-0.2, 0) is 9.53 Å². The fraction of sp³-hybridized carbons (Fsp3) is 0.769. The van der Waals surface area contributed by atoms with E-state index in [1.54, 1.807) is 6.92 Å². The Kier molecular flexibility index (Phi) is 11.0.